The minimum atomic E-state index is -0.493. The first-order chi connectivity index (χ1) is 36.8. The molecular formula is C60H49FN6O9. The van der Waals surface area contributed by atoms with Crippen LogP contribution in [0.3, 0.4) is 0 Å². The van der Waals surface area contributed by atoms with Gasteiger partial charge >= 0.3 is 17.9 Å². The van der Waals surface area contributed by atoms with Crippen LogP contribution < -0.4 is 0 Å². The van der Waals surface area contributed by atoms with E-state index < -0.39 is 23.7 Å². The first kappa shape index (κ1) is 51.2. The summed E-state index contributed by atoms with van der Waals surface area (Å²) in [5.74, 6) is -1.99. The second kappa shape index (κ2) is 22.2. The van der Waals surface area contributed by atoms with Crippen molar-refractivity contribution in [1.82, 2.24) is 29.9 Å². The zero-order valence-corrected chi connectivity index (χ0v) is 42.0. The predicted molar refractivity (Wildman–Crippen MR) is 288 cm³/mol. The van der Waals surface area contributed by atoms with E-state index in [0.29, 0.717) is 53.1 Å². The van der Waals surface area contributed by atoms with Crippen LogP contribution in [0.2, 0.25) is 0 Å². The molecule has 0 saturated carbocycles. The van der Waals surface area contributed by atoms with Crippen LogP contribution >= 0.6 is 0 Å². The molecule has 0 atom stereocenters. The number of hydrogen-bond donors (Lipinski definition) is 3. The zero-order chi connectivity index (χ0) is 53.6. The van der Waals surface area contributed by atoms with Crippen LogP contribution in [0.4, 0.5) is 4.39 Å². The van der Waals surface area contributed by atoms with Crippen LogP contribution in [0.1, 0.15) is 114 Å². The molecule has 11 aromatic rings. The van der Waals surface area contributed by atoms with Crippen molar-refractivity contribution in [3.05, 3.63) is 196 Å². The molecule has 15 nitrogen and oxygen atoms in total. The summed E-state index contributed by atoms with van der Waals surface area (Å²) in [6, 6.07) is 34.3. The number of H-pyrrole nitrogens is 3. The fourth-order valence-electron chi connectivity index (χ4n) is 8.94. The van der Waals surface area contributed by atoms with Gasteiger partial charge in [-0.25, -0.2) is 33.7 Å². The second-order valence-electron chi connectivity index (χ2n) is 17.4. The van der Waals surface area contributed by atoms with Crippen molar-refractivity contribution in [2.24, 2.45) is 0 Å². The number of aryl methyl sites for hydroxylation is 1. The van der Waals surface area contributed by atoms with E-state index in [1.54, 1.807) is 101 Å². The first-order valence-electron chi connectivity index (χ1n) is 24.5. The Labute approximate surface area is 433 Å². The monoisotopic (exact) mass is 1020 g/mol. The van der Waals surface area contributed by atoms with Crippen molar-refractivity contribution in [2.45, 2.75) is 41.0 Å². The Bertz CT molecular complexity index is 4070. The molecular weight excluding hydrogens is 968 g/mol. The molecule has 0 fully saturated rings. The molecule has 0 bridgehead atoms. The lowest BCUT2D eigenvalue weighted by molar-refractivity contribution is 0.0509. The van der Waals surface area contributed by atoms with Gasteiger partial charge in [0.15, 0.2) is 23.0 Å². The molecule has 0 aliphatic heterocycles. The Balaban J connectivity index is 0.000000140. The Morgan fingerprint density at radius 2 is 0.868 bits per heavy atom. The number of carbonyl (C=O) groups excluding carboxylic acids is 6. The average molecular weight is 1020 g/mol. The number of carbonyl (C=O) groups is 6. The number of rotatable bonds is 12. The molecule has 5 aromatic carbocycles. The maximum atomic E-state index is 13.1. The first-order valence-corrected chi connectivity index (χ1v) is 24.5. The summed E-state index contributed by atoms with van der Waals surface area (Å²) in [5.41, 5.74) is 9.44. The maximum absolute atomic E-state index is 13.1. The van der Waals surface area contributed by atoms with Crippen molar-refractivity contribution in [3.8, 4) is 0 Å². The van der Waals surface area contributed by atoms with E-state index in [1.807, 2.05) is 49.4 Å². The average Bonchev–Trinajstić information content (AvgIpc) is 4.14. The normalized spacial score (nSPS) is 11.0. The number of hydrogen-bond acceptors (Lipinski definition) is 12. The van der Waals surface area contributed by atoms with Gasteiger partial charge in [0.05, 0.1) is 55.0 Å². The van der Waals surface area contributed by atoms with Crippen molar-refractivity contribution in [1.29, 1.82) is 0 Å². The number of fused-ring (bicyclic) bond motifs is 9. The molecule has 76 heavy (non-hydrogen) atoms. The number of Topliss-reactive ketones (excluding diaryl/α,β-unsaturated/α-hetero) is 1. The fourth-order valence-corrected chi connectivity index (χ4v) is 8.94. The van der Waals surface area contributed by atoms with Gasteiger partial charge in [0.1, 0.15) is 17.2 Å². The van der Waals surface area contributed by atoms with Crippen LogP contribution in [-0.2, 0) is 20.6 Å². The molecule has 0 amide bonds. The highest BCUT2D eigenvalue weighted by atomic mass is 19.1. The lowest BCUT2D eigenvalue weighted by Crippen LogP contribution is -2.10. The number of pyridine rings is 3. The van der Waals surface area contributed by atoms with Crippen LogP contribution in [-0.4, -0.2) is 85.0 Å². The second-order valence-corrected chi connectivity index (χ2v) is 17.4. The predicted octanol–water partition coefficient (Wildman–Crippen LogP) is 12.0. The van der Waals surface area contributed by atoms with Crippen LogP contribution in [0.15, 0.2) is 140 Å². The number of aromatic nitrogens is 6. The zero-order valence-electron chi connectivity index (χ0n) is 42.0. The van der Waals surface area contributed by atoms with Gasteiger partial charge < -0.3 is 29.2 Å². The fraction of sp³-hybridized carbons (Fsp3) is 0.150. The van der Waals surface area contributed by atoms with Crippen molar-refractivity contribution < 1.29 is 47.4 Å². The smallest absolute Gasteiger partial charge is 0.357 e. The number of ketones is 3. The number of benzene rings is 5. The molecule has 0 radical (unpaired) electrons. The highest BCUT2D eigenvalue weighted by Gasteiger charge is 2.21. The number of esters is 3. The van der Waals surface area contributed by atoms with Gasteiger partial charge in [0, 0.05) is 76.7 Å². The van der Waals surface area contributed by atoms with E-state index in [1.165, 1.54) is 24.3 Å². The summed E-state index contributed by atoms with van der Waals surface area (Å²) in [6.07, 6.45) is 5.48. The molecule has 16 heteroatoms. The molecule has 3 N–H and O–H groups in total. The minimum absolute atomic E-state index is 0.0129. The van der Waals surface area contributed by atoms with Gasteiger partial charge in [0.25, 0.3) is 0 Å². The number of nitrogens with one attached hydrogen (secondary N) is 3. The van der Waals surface area contributed by atoms with Crippen molar-refractivity contribution >= 4 is 101 Å². The summed E-state index contributed by atoms with van der Waals surface area (Å²) in [7, 11) is 0. The molecule has 6 heterocycles. The highest BCUT2D eigenvalue weighted by Crippen LogP contribution is 2.32. The van der Waals surface area contributed by atoms with E-state index in [-0.39, 0.29) is 35.3 Å². The number of halogens is 1. The van der Waals surface area contributed by atoms with Gasteiger partial charge in [-0.3, -0.25) is 14.4 Å². The summed E-state index contributed by atoms with van der Waals surface area (Å²) in [4.78, 5) is 95.5. The topological polar surface area (TPSA) is 216 Å². The summed E-state index contributed by atoms with van der Waals surface area (Å²) in [6.45, 7) is 9.65. The SMILES string of the molecule is CCOC(=O)c1cc2c(cn1)[nH]c1ccc(C(=O)c3ccc(F)cc3)cc12.CCOC(=O)c1cc2c(cn1)[nH]c1ccc(C(=O)c3ccccc3)cc12.CCOC(=O)c1ncc2[nH]c3ccc(C(C)=O)cc3c2c1CC. The summed E-state index contributed by atoms with van der Waals surface area (Å²) in [5, 5.41) is 5.14. The largest absolute Gasteiger partial charge is 0.461 e. The van der Waals surface area contributed by atoms with Gasteiger partial charge in [-0.15, -0.1) is 0 Å². The van der Waals surface area contributed by atoms with Gasteiger partial charge in [0.2, 0.25) is 0 Å². The van der Waals surface area contributed by atoms with Crippen molar-refractivity contribution in [3.63, 3.8) is 0 Å². The quantitative estimate of drug-likeness (QED) is 0.0592. The Morgan fingerprint density at radius 1 is 0.447 bits per heavy atom. The molecule has 0 saturated heterocycles. The molecule has 0 aliphatic carbocycles. The highest BCUT2D eigenvalue weighted by molar-refractivity contribution is 6.17. The lowest BCUT2D eigenvalue weighted by Gasteiger charge is -2.08. The Kier molecular flexibility index (Phi) is 15.0. The standard InChI is InChI=1S/C21H15FN2O3.C21H16N2O3.C18H18N2O3/c1-2-27-21(26)18-10-16-15-9-13(5-8-17(15)24-19(16)11-23-18)20(25)12-3-6-14(22)7-4-12;1-2-26-21(25)18-11-16-15-10-14(20(24)13-6-4-3-5-7-13)8-9-17(15)23-19(16)12-22-18;1-4-12-16-13-8-11(10(3)21)6-7-14(13)20-15(16)9-19-17(12)18(22)23-5-2/h3-11,24H,2H2,1H3;3-12,23H,2H2,1H3;6-9,20H,4-5H2,1-3H3. The number of ether oxygens (including phenoxy) is 3. The minimum Gasteiger partial charge on any atom is -0.461 e. The third kappa shape index (κ3) is 10.4. The third-order valence-corrected chi connectivity index (χ3v) is 12.6. The molecule has 0 unspecified atom stereocenters. The molecule has 380 valence electrons. The molecule has 6 aromatic heterocycles. The van der Waals surface area contributed by atoms with Crippen LogP contribution in [0.25, 0.3) is 65.4 Å². The van der Waals surface area contributed by atoms with E-state index in [9.17, 15) is 33.2 Å². The van der Waals surface area contributed by atoms with Gasteiger partial charge in [-0.2, -0.15) is 0 Å². The summed E-state index contributed by atoms with van der Waals surface area (Å²) >= 11 is 0. The van der Waals surface area contributed by atoms with E-state index in [2.05, 4.69) is 29.9 Å². The molecule has 11 rings (SSSR count). The van der Waals surface area contributed by atoms with Gasteiger partial charge in [-0.05, 0) is 131 Å². The lowest BCUT2D eigenvalue weighted by atomic mass is 10.0. The third-order valence-electron chi connectivity index (χ3n) is 12.6. The van der Waals surface area contributed by atoms with E-state index in [0.717, 1.165) is 71.0 Å². The van der Waals surface area contributed by atoms with Crippen LogP contribution in [0.5, 0.6) is 0 Å². The Hall–Kier alpha value is -9.70. The van der Waals surface area contributed by atoms with Gasteiger partial charge in [-0.1, -0.05) is 37.3 Å². The number of nitrogens with zero attached hydrogens (tertiary/aromatic N) is 3. The maximum Gasteiger partial charge on any atom is 0.357 e. The molecule has 0 aliphatic rings. The van der Waals surface area contributed by atoms with E-state index in [4.69, 9.17) is 14.2 Å². The Morgan fingerprint density at radius 3 is 1.37 bits per heavy atom. The van der Waals surface area contributed by atoms with Crippen LogP contribution in [0, 0.1) is 5.82 Å². The number of aromatic amines is 3. The van der Waals surface area contributed by atoms with Crippen molar-refractivity contribution in [2.75, 3.05) is 19.8 Å². The summed E-state index contributed by atoms with van der Waals surface area (Å²) < 4.78 is 28.2. The van der Waals surface area contributed by atoms with E-state index >= 15 is 0 Å². The molecule has 0 spiro atoms.